The van der Waals surface area contributed by atoms with Gasteiger partial charge in [-0.3, -0.25) is 0 Å². The lowest BCUT2D eigenvalue weighted by atomic mass is 9.67. The van der Waals surface area contributed by atoms with Gasteiger partial charge >= 0.3 is 29.9 Å². The zero-order chi connectivity index (χ0) is 19.5. The van der Waals surface area contributed by atoms with E-state index in [1.165, 1.54) is 0 Å². The molecule has 23 heavy (non-hydrogen) atoms. The summed E-state index contributed by atoms with van der Waals surface area (Å²) in [5.74, 6) is -26.7. The lowest BCUT2D eigenvalue weighted by molar-refractivity contribution is -0.425. The van der Waals surface area contributed by atoms with Gasteiger partial charge in [0.25, 0.3) is 5.67 Å². The molecular weight excluding hydrogens is 360 g/mol. The highest BCUT2D eigenvalue weighted by Gasteiger charge is 2.90. The molecule has 0 nitrogen and oxygen atoms in total. The summed E-state index contributed by atoms with van der Waals surface area (Å²) < 4.78 is 157. The van der Waals surface area contributed by atoms with E-state index in [0.29, 0.717) is 0 Å². The van der Waals surface area contributed by atoms with Crippen molar-refractivity contribution in [2.75, 3.05) is 0 Å². The van der Waals surface area contributed by atoms with E-state index in [1.54, 1.807) is 0 Å². The summed E-state index contributed by atoms with van der Waals surface area (Å²) in [6.07, 6.45) is -7.03. The summed E-state index contributed by atoms with van der Waals surface area (Å²) >= 11 is 0. The minimum absolute atomic E-state index is 0.0322. The van der Waals surface area contributed by atoms with Gasteiger partial charge in [-0.25, -0.2) is 4.39 Å². The van der Waals surface area contributed by atoms with Crippen molar-refractivity contribution in [1.29, 1.82) is 0 Å². The van der Waals surface area contributed by atoms with E-state index in [9.17, 15) is 52.7 Å². The molecule has 0 saturated carbocycles. The molecule has 1 unspecified atom stereocenters. The molecule has 0 radical (unpaired) electrons. The molecule has 0 amide bonds. The Morgan fingerprint density at radius 1 is 0.435 bits per heavy atom. The monoisotopic (exact) mass is 372 g/mol. The van der Waals surface area contributed by atoms with E-state index in [4.69, 9.17) is 0 Å². The number of hydrogen-bond acceptors (Lipinski definition) is 0. The van der Waals surface area contributed by atoms with Gasteiger partial charge in [-0.15, -0.1) is 0 Å². The summed E-state index contributed by atoms with van der Waals surface area (Å²) in [4.78, 5) is 0. The van der Waals surface area contributed by atoms with Crippen LogP contribution in [0.4, 0.5) is 52.7 Å². The first-order chi connectivity index (χ1) is 9.50. The van der Waals surface area contributed by atoms with E-state index < -0.39 is 47.9 Å². The second kappa shape index (κ2) is 5.08. The van der Waals surface area contributed by atoms with E-state index in [-0.39, 0.29) is 20.8 Å². The van der Waals surface area contributed by atoms with E-state index >= 15 is 0 Å². The molecule has 0 heterocycles. The summed E-state index contributed by atoms with van der Waals surface area (Å²) in [5.41, 5.74) is -9.86. The molecule has 140 valence electrons. The topological polar surface area (TPSA) is 0 Å². The highest BCUT2D eigenvalue weighted by molar-refractivity contribution is 5.18. The zero-order valence-corrected chi connectivity index (χ0v) is 12.0. The van der Waals surface area contributed by atoms with Crippen LogP contribution >= 0.6 is 0 Å². The summed E-state index contributed by atoms with van der Waals surface area (Å²) in [5, 5.41) is 0. The second-order valence-corrected chi connectivity index (χ2v) is 6.02. The van der Waals surface area contributed by atoms with Crippen LogP contribution in [0.25, 0.3) is 0 Å². The molecule has 0 aromatic carbocycles. The Balaban J connectivity index is 6.81. The fourth-order valence-electron chi connectivity index (χ4n) is 1.83. The Kier molecular flexibility index (Phi) is 4.89. The number of alkyl halides is 12. The molecule has 0 N–H and O–H groups in total. The van der Waals surface area contributed by atoms with Gasteiger partial charge in [0, 0.05) is 12.3 Å². The second-order valence-electron chi connectivity index (χ2n) is 6.02. The van der Waals surface area contributed by atoms with Gasteiger partial charge in [-0.1, -0.05) is 20.8 Å². The van der Waals surface area contributed by atoms with Crippen molar-refractivity contribution in [2.24, 2.45) is 5.41 Å². The fraction of sp³-hybridized carbons (Fsp3) is 1.00. The number of halogens is 12. The van der Waals surface area contributed by atoms with Crippen LogP contribution in [0.2, 0.25) is 0 Å². The van der Waals surface area contributed by atoms with Crippen molar-refractivity contribution in [3.05, 3.63) is 0 Å². The van der Waals surface area contributed by atoms with Gasteiger partial charge in [0.1, 0.15) is 0 Å². The van der Waals surface area contributed by atoms with Crippen molar-refractivity contribution >= 4 is 0 Å². The molecule has 0 aromatic rings. The molecule has 0 rings (SSSR count). The third-order valence-corrected chi connectivity index (χ3v) is 3.20. The first-order valence-electron chi connectivity index (χ1n) is 5.77. The third kappa shape index (κ3) is 2.75. The Labute approximate surface area is 122 Å². The zero-order valence-electron chi connectivity index (χ0n) is 12.0. The third-order valence-electron chi connectivity index (χ3n) is 3.20. The Hall–Kier alpha value is -0.840. The predicted molar refractivity (Wildman–Crippen MR) is 54.8 cm³/mol. The van der Waals surface area contributed by atoms with Gasteiger partial charge in [-0.05, 0) is 0 Å². The normalized spacial score (nSPS) is 18.8. The number of hydrogen-bond donors (Lipinski definition) is 0. The van der Waals surface area contributed by atoms with Gasteiger partial charge in [0.05, 0.1) is 0 Å². The van der Waals surface area contributed by atoms with E-state index in [1.807, 2.05) is 0 Å². The number of rotatable bonds is 4. The molecule has 1 atom stereocenters. The molecule has 12 heteroatoms. The quantitative estimate of drug-likeness (QED) is 0.542. The van der Waals surface area contributed by atoms with Crippen molar-refractivity contribution in [2.45, 2.75) is 63.2 Å². The fourth-order valence-corrected chi connectivity index (χ4v) is 1.83. The van der Waals surface area contributed by atoms with Gasteiger partial charge in [0.15, 0.2) is 0 Å². The molecule has 0 aromatic heterocycles. The van der Waals surface area contributed by atoms with Crippen LogP contribution in [0.5, 0.6) is 0 Å². The lowest BCUT2D eigenvalue weighted by Gasteiger charge is -2.49. The van der Waals surface area contributed by atoms with Crippen LogP contribution in [0.1, 0.15) is 27.7 Å². The van der Waals surface area contributed by atoms with Gasteiger partial charge < -0.3 is 0 Å². The highest BCUT2D eigenvalue weighted by atomic mass is 19.4. The maximum Gasteiger partial charge on any atom is 0.457 e. The largest absolute Gasteiger partial charge is 0.457 e. The van der Waals surface area contributed by atoms with Crippen LogP contribution in [0.15, 0.2) is 0 Å². The average molecular weight is 372 g/mol. The summed E-state index contributed by atoms with van der Waals surface area (Å²) in [6.45, 7) is -0.755. The first kappa shape index (κ1) is 22.2. The van der Waals surface area contributed by atoms with Crippen LogP contribution in [-0.4, -0.2) is 35.5 Å². The first-order valence-corrected chi connectivity index (χ1v) is 5.77. The Morgan fingerprint density at radius 2 is 0.739 bits per heavy atom. The van der Waals surface area contributed by atoms with Crippen molar-refractivity contribution in [1.82, 2.24) is 0 Å². The van der Waals surface area contributed by atoms with E-state index in [0.717, 1.165) is 0 Å². The summed E-state index contributed by atoms with van der Waals surface area (Å²) in [7, 11) is 0. The Bertz CT molecular complexity index is 435. The van der Waals surface area contributed by atoms with Crippen LogP contribution < -0.4 is 0 Å². The van der Waals surface area contributed by atoms with Gasteiger partial charge in [-0.2, -0.15) is 48.3 Å². The Morgan fingerprint density at radius 3 is 0.913 bits per heavy atom. The van der Waals surface area contributed by atoms with Crippen molar-refractivity contribution in [3.8, 4) is 0 Å². The maximum absolute atomic E-state index is 14.3. The van der Waals surface area contributed by atoms with Gasteiger partial charge in [0.2, 0.25) is 0 Å². The minimum atomic E-state index is -7.06. The molecule has 0 aliphatic carbocycles. The highest BCUT2D eigenvalue weighted by Crippen LogP contribution is 2.64. The maximum atomic E-state index is 14.3. The molecule has 0 aliphatic heterocycles. The molecule has 0 fully saturated rings. The van der Waals surface area contributed by atoms with Crippen molar-refractivity contribution < 1.29 is 52.7 Å². The lowest BCUT2D eigenvalue weighted by Crippen LogP contribution is -2.75. The van der Waals surface area contributed by atoms with Crippen molar-refractivity contribution in [3.63, 3.8) is 0 Å². The molecule has 0 bridgehead atoms. The SMILES string of the molecule is CC(C)(C)C(F)(C(F)(F)C(F)(F)F)C(F)(F)C(F)(F)C(C)(F)F. The van der Waals surface area contributed by atoms with Crippen LogP contribution in [0.3, 0.4) is 0 Å². The smallest absolute Gasteiger partial charge is 0.229 e. The molecular formula is C11H12F12. The van der Waals surface area contributed by atoms with Crippen LogP contribution in [-0.2, 0) is 0 Å². The molecule has 0 spiro atoms. The summed E-state index contributed by atoms with van der Waals surface area (Å²) in [6, 6.07) is 0. The average Bonchev–Trinajstić information content (AvgIpc) is 2.22. The molecule has 0 aliphatic rings. The molecule has 0 saturated heterocycles. The van der Waals surface area contributed by atoms with E-state index in [2.05, 4.69) is 0 Å². The minimum Gasteiger partial charge on any atom is -0.229 e. The predicted octanol–water partition coefficient (Wildman–Crippen LogP) is 5.86. The van der Waals surface area contributed by atoms with Crippen LogP contribution in [0, 0.1) is 5.41 Å². The standard InChI is InChI=1S/C11H12F12/c1-5(2,3)7(14,10(19,20)11(21,22)23)9(17,18)8(15,16)6(4,12)13/h1-4H3.